The third-order valence-corrected chi connectivity index (χ3v) is 3.56. The Morgan fingerprint density at radius 1 is 1.56 bits per heavy atom. The van der Waals surface area contributed by atoms with E-state index in [0.717, 1.165) is 16.5 Å². The summed E-state index contributed by atoms with van der Waals surface area (Å²) in [5.41, 5.74) is 1.62. The quantitative estimate of drug-likeness (QED) is 0.785. The van der Waals surface area contributed by atoms with Crippen molar-refractivity contribution < 1.29 is 4.79 Å². The summed E-state index contributed by atoms with van der Waals surface area (Å²) in [6, 6.07) is 7.61. The number of nitriles is 1. The molecule has 0 saturated heterocycles. The van der Waals surface area contributed by atoms with E-state index in [-0.39, 0.29) is 5.78 Å². The lowest BCUT2D eigenvalue weighted by Crippen LogP contribution is -2.13. The molecule has 16 heavy (non-hydrogen) atoms. The first-order valence-corrected chi connectivity index (χ1v) is 6.10. The third-order valence-electron chi connectivity index (χ3n) is 2.51. The highest BCUT2D eigenvalue weighted by Crippen LogP contribution is 2.24. The van der Waals surface area contributed by atoms with Gasteiger partial charge >= 0.3 is 0 Å². The van der Waals surface area contributed by atoms with Crippen LogP contribution in [0.15, 0.2) is 22.7 Å². The van der Waals surface area contributed by atoms with Crippen LogP contribution >= 0.6 is 15.9 Å². The SMILES string of the molecule is CCCC(C#N)C(=O)c1cccc(C)c1Br. The Balaban J connectivity index is 3.05. The zero-order valence-corrected chi connectivity index (χ0v) is 11.0. The van der Waals surface area contributed by atoms with Crippen molar-refractivity contribution in [2.24, 2.45) is 5.92 Å². The van der Waals surface area contributed by atoms with Crippen LogP contribution in [0.3, 0.4) is 0 Å². The maximum atomic E-state index is 12.1. The number of ketones is 1. The summed E-state index contributed by atoms with van der Waals surface area (Å²) >= 11 is 3.40. The largest absolute Gasteiger partial charge is 0.293 e. The molecule has 0 radical (unpaired) electrons. The van der Waals surface area contributed by atoms with Crippen LogP contribution < -0.4 is 0 Å². The number of benzene rings is 1. The van der Waals surface area contributed by atoms with E-state index in [4.69, 9.17) is 5.26 Å². The van der Waals surface area contributed by atoms with Crippen molar-refractivity contribution in [2.75, 3.05) is 0 Å². The van der Waals surface area contributed by atoms with Crippen LogP contribution in [-0.4, -0.2) is 5.78 Å². The number of halogens is 1. The standard InChI is InChI=1S/C13H14BrNO/c1-3-5-10(8-15)13(16)11-7-4-6-9(2)12(11)14/h4,6-7,10H,3,5H2,1-2H3. The summed E-state index contributed by atoms with van der Waals surface area (Å²) in [5, 5.41) is 8.96. The van der Waals surface area contributed by atoms with Gasteiger partial charge in [-0.15, -0.1) is 0 Å². The molecule has 1 unspecified atom stereocenters. The summed E-state index contributed by atoms with van der Waals surface area (Å²) < 4.78 is 0.802. The molecule has 0 N–H and O–H groups in total. The van der Waals surface area contributed by atoms with Gasteiger partial charge in [-0.25, -0.2) is 0 Å². The van der Waals surface area contributed by atoms with Gasteiger partial charge < -0.3 is 0 Å². The van der Waals surface area contributed by atoms with Crippen LogP contribution in [0.2, 0.25) is 0 Å². The number of aryl methyl sites for hydroxylation is 1. The number of hydrogen-bond donors (Lipinski definition) is 0. The number of carbonyl (C=O) groups is 1. The maximum Gasteiger partial charge on any atom is 0.181 e. The molecule has 1 rings (SSSR count). The van der Waals surface area contributed by atoms with Crippen molar-refractivity contribution in [3.8, 4) is 6.07 Å². The summed E-state index contributed by atoms with van der Waals surface area (Å²) in [5.74, 6) is -0.608. The van der Waals surface area contributed by atoms with Gasteiger partial charge in [-0.2, -0.15) is 5.26 Å². The van der Waals surface area contributed by atoms with E-state index in [0.29, 0.717) is 12.0 Å². The van der Waals surface area contributed by atoms with Crippen molar-refractivity contribution in [1.82, 2.24) is 0 Å². The number of hydrogen-bond acceptors (Lipinski definition) is 2. The van der Waals surface area contributed by atoms with Gasteiger partial charge in [0.2, 0.25) is 0 Å². The Kier molecular flexibility index (Phi) is 4.70. The molecular formula is C13H14BrNO. The molecule has 0 aliphatic carbocycles. The van der Waals surface area contributed by atoms with Crippen molar-refractivity contribution >= 4 is 21.7 Å². The Morgan fingerprint density at radius 2 is 2.25 bits per heavy atom. The fraction of sp³-hybridized carbons (Fsp3) is 0.385. The van der Waals surface area contributed by atoms with Crippen molar-refractivity contribution in [1.29, 1.82) is 5.26 Å². The molecule has 84 valence electrons. The van der Waals surface area contributed by atoms with Gasteiger partial charge in [-0.05, 0) is 34.8 Å². The minimum absolute atomic E-state index is 0.0834. The molecule has 0 aliphatic heterocycles. The Labute approximate surface area is 104 Å². The lowest BCUT2D eigenvalue weighted by molar-refractivity contribution is 0.0942. The van der Waals surface area contributed by atoms with E-state index < -0.39 is 5.92 Å². The molecule has 0 fully saturated rings. The second kappa shape index (κ2) is 5.81. The number of Topliss-reactive ketones (excluding diaryl/α,β-unsaturated/α-hetero) is 1. The molecule has 0 aliphatic rings. The highest BCUT2D eigenvalue weighted by atomic mass is 79.9. The van der Waals surface area contributed by atoms with E-state index in [2.05, 4.69) is 22.0 Å². The van der Waals surface area contributed by atoms with E-state index in [1.54, 1.807) is 6.07 Å². The fourth-order valence-electron chi connectivity index (χ4n) is 1.57. The Hall–Kier alpha value is -1.14. The molecule has 0 amide bonds. The first kappa shape index (κ1) is 12.9. The van der Waals surface area contributed by atoms with Gasteiger partial charge in [0.15, 0.2) is 5.78 Å². The van der Waals surface area contributed by atoms with Crippen molar-refractivity contribution in [2.45, 2.75) is 26.7 Å². The highest BCUT2D eigenvalue weighted by Gasteiger charge is 2.21. The van der Waals surface area contributed by atoms with Crippen LogP contribution in [0.1, 0.15) is 35.7 Å². The van der Waals surface area contributed by atoms with Crippen LogP contribution in [-0.2, 0) is 0 Å². The lowest BCUT2D eigenvalue weighted by Gasteiger charge is -2.09. The molecule has 0 saturated carbocycles. The molecular weight excluding hydrogens is 266 g/mol. The molecule has 0 bridgehead atoms. The minimum Gasteiger partial charge on any atom is -0.293 e. The second-order valence-electron chi connectivity index (χ2n) is 3.77. The average Bonchev–Trinajstić information content (AvgIpc) is 2.29. The predicted molar refractivity (Wildman–Crippen MR) is 67.2 cm³/mol. The smallest absolute Gasteiger partial charge is 0.181 e. The van der Waals surface area contributed by atoms with Crippen LogP contribution in [0.25, 0.3) is 0 Å². The zero-order valence-electron chi connectivity index (χ0n) is 9.46. The van der Waals surface area contributed by atoms with E-state index in [1.807, 2.05) is 26.0 Å². The highest BCUT2D eigenvalue weighted by molar-refractivity contribution is 9.10. The van der Waals surface area contributed by atoms with Crippen molar-refractivity contribution in [3.05, 3.63) is 33.8 Å². The topological polar surface area (TPSA) is 40.9 Å². The first-order valence-electron chi connectivity index (χ1n) is 5.30. The van der Waals surface area contributed by atoms with Crippen LogP contribution in [0.4, 0.5) is 0 Å². The second-order valence-corrected chi connectivity index (χ2v) is 4.56. The van der Waals surface area contributed by atoms with Crippen molar-refractivity contribution in [3.63, 3.8) is 0 Å². The Morgan fingerprint density at radius 3 is 2.81 bits per heavy atom. The average molecular weight is 280 g/mol. The molecule has 0 heterocycles. The minimum atomic E-state index is -0.525. The normalized spacial score (nSPS) is 11.9. The van der Waals surface area contributed by atoms with Gasteiger partial charge in [-0.1, -0.05) is 31.5 Å². The van der Waals surface area contributed by atoms with Gasteiger partial charge in [0.1, 0.15) is 5.92 Å². The van der Waals surface area contributed by atoms with E-state index in [1.165, 1.54) is 0 Å². The molecule has 3 heteroatoms. The molecule has 1 atom stereocenters. The van der Waals surface area contributed by atoms with Gasteiger partial charge in [-0.3, -0.25) is 4.79 Å². The third kappa shape index (κ3) is 2.70. The lowest BCUT2D eigenvalue weighted by atomic mass is 9.94. The van der Waals surface area contributed by atoms with E-state index in [9.17, 15) is 4.79 Å². The molecule has 0 aromatic heterocycles. The Bertz CT molecular complexity index is 434. The predicted octanol–water partition coefficient (Wildman–Crippen LogP) is 3.88. The van der Waals surface area contributed by atoms with Crippen LogP contribution in [0, 0.1) is 24.2 Å². The summed E-state index contributed by atoms with van der Waals surface area (Å²) in [6.07, 6.45) is 1.46. The number of carbonyl (C=O) groups excluding carboxylic acids is 1. The van der Waals surface area contributed by atoms with Crippen LogP contribution in [0.5, 0.6) is 0 Å². The zero-order chi connectivity index (χ0) is 12.1. The molecule has 1 aromatic rings. The number of nitrogens with zero attached hydrogens (tertiary/aromatic N) is 1. The monoisotopic (exact) mass is 279 g/mol. The summed E-state index contributed by atoms with van der Waals surface area (Å²) in [6.45, 7) is 3.91. The van der Waals surface area contributed by atoms with Gasteiger partial charge in [0, 0.05) is 10.0 Å². The van der Waals surface area contributed by atoms with Gasteiger partial charge in [0.25, 0.3) is 0 Å². The fourth-order valence-corrected chi connectivity index (χ4v) is 2.03. The molecule has 1 aromatic carbocycles. The molecule has 0 spiro atoms. The molecule has 2 nitrogen and oxygen atoms in total. The summed E-state index contributed by atoms with van der Waals surface area (Å²) in [7, 11) is 0. The number of rotatable bonds is 4. The first-order chi connectivity index (χ1) is 7.61. The van der Waals surface area contributed by atoms with E-state index >= 15 is 0 Å². The van der Waals surface area contributed by atoms with Gasteiger partial charge in [0.05, 0.1) is 6.07 Å². The maximum absolute atomic E-state index is 12.1. The summed E-state index contributed by atoms with van der Waals surface area (Å²) in [4.78, 5) is 12.1.